The molecule has 18 heavy (non-hydrogen) atoms. The Bertz CT molecular complexity index is 484. The summed E-state index contributed by atoms with van der Waals surface area (Å²) in [5, 5.41) is 0. The molecule has 0 atom stereocenters. The molecule has 1 saturated heterocycles. The van der Waals surface area contributed by atoms with Gasteiger partial charge in [-0.2, -0.15) is 0 Å². The maximum Gasteiger partial charge on any atom is 0.242 e. The number of amides is 1. The Labute approximate surface area is 107 Å². The molecule has 4 heteroatoms. The Morgan fingerprint density at radius 1 is 1.11 bits per heavy atom. The molecule has 0 bridgehead atoms. The summed E-state index contributed by atoms with van der Waals surface area (Å²) in [5.41, 5.74) is 1.94. The Kier molecular flexibility index (Phi) is 2.94. The van der Waals surface area contributed by atoms with Crippen LogP contribution in [0.4, 0.5) is 0 Å². The highest BCUT2D eigenvalue weighted by Gasteiger charge is 2.22. The van der Waals surface area contributed by atoms with Gasteiger partial charge in [0.1, 0.15) is 6.54 Å². The molecule has 0 aromatic carbocycles. The fourth-order valence-corrected chi connectivity index (χ4v) is 2.89. The van der Waals surface area contributed by atoms with Crippen molar-refractivity contribution in [2.45, 2.75) is 38.6 Å². The smallest absolute Gasteiger partial charge is 0.242 e. The minimum absolute atomic E-state index is 0.173. The van der Waals surface area contributed by atoms with Crippen LogP contribution in [0.2, 0.25) is 0 Å². The van der Waals surface area contributed by atoms with Crippen molar-refractivity contribution in [3.63, 3.8) is 0 Å². The Hall–Kier alpha value is -1.58. The van der Waals surface area contributed by atoms with Crippen LogP contribution in [-0.4, -0.2) is 34.2 Å². The lowest BCUT2D eigenvalue weighted by molar-refractivity contribution is -0.130. The van der Waals surface area contributed by atoms with Gasteiger partial charge in [-0.3, -0.25) is 9.59 Å². The number of aryl methyl sites for hydroxylation is 1. The first-order valence-electron chi connectivity index (χ1n) is 6.73. The number of rotatable bonds is 2. The molecule has 2 heterocycles. The van der Waals surface area contributed by atoms with Crippen molar-refractivity contribution >= 4 is 11.7 Å². The Morgan fingerprint density at radius 3 is 2.61 bits per heavy atom. The van der Waals surface area contributed by atoms with E-state index >= 15 is 0 Å². The van der Waals surface area contributed by atoms with Gasteiger partial charge in [0.15, 0.2) is 5.78 Å². The van der Waals surface area contributed by atoms with Crippen molar-refractivity contribution < 1.29 is 9.59 Å². The second kappa shape index (κ2) is 4.59. The van der Waals surface area contributed by atoms with Gasteiger partial charge in [0.25, 0.3) is 0 Å². The largest absolute Gasteiger partial charge is 0.344 e. The van der Waals surface area contributed by atoms with Gasteiger partial charge in [-0.05, 0) is 31.2 Å². The zero-order valence-corrected chi connectivity index (χ0v) is 10.5. The molecule has 4 nitrogen and oxygen atoms in total. The molecule has 1 amide bonds. The van der Waals surface area contributed by atoms with Gasteiger partial charge < -0.3 is 9.47 Å². The van der Waals surface area contributed by atoms with Gasteiger partial charge in [0, 0.05) is 37.5 Å². The first-order valence-corrected chi connectivity index (χ1v) is 6.73. The van der Waals surface area contributed by atoms with E-state index in [9.17, 15) is 9.59 Å². The third kappa shape index (κ3) is 2.07. The first-order chi connectivity index (χ1) is 8.74. The van der Waals surface area contributed by atoms with Gasteiger partial charge in [0.05, 0.1) is 0 Å². The predicted molar refractivity (Wildman–Crippen MR) is 67.5 cm³/mol. The molecule has 0 unspecified atom stereocenters. The number of ketones is 1. The van der Waals surface area contributed by atoms with Crippen LogP contribution in [0.1, 0.15) is 41.6 Å². The van der Waals surface area contributed by atoms with Gasteiger partial charge in [-0.25, -0.2) is 0 Å². The van der Waals surface area contributed by atoms with Crippen molar-refractivity contribution in [2.24, 2.45) is 0 Å². The van der Waals surface area contributed by atoms with Crippen LogP contribution >= 0.6 is 0 Å². The van der Waals surface area contributed by atoms with Gasteiger partial charge in [-0.15, -0.1) is 0 Å². The lowest BCUT2D eigenvalue weighted by atomic mass is 9.95. The summed E-state index contributed by atoms with van der Waals surface area (Å²) >= 11 is 0. The average molecular weight is 246 g/mol. The minimum Gasteiger partial charge on any atom is -0.344 e. The number of nitrogens with zero attached hydrogens (tertiary/aromatic N) is 2. The average Bonchev–Trinajstić information content (AvgIpc) is 2.97. The summed E-state index contributed by atoms with van der Waals surface area (Å²) < 4.78 is 1.88. The number of likely N-dealkylation sites (tertiary alicyclic amines) is 1. The molecule has 2 aliphatic rings. The number of hydrogen-bond donors (Lipinski definition) is 0. The molecular formula is C14H18N2O2. The third-order valence-electron chi connectivity index (χ3n) is 3.89. The lowest BCUT2D eigenvalue weighted by Crippen LogP contribution is -2.30. The Balaban J connectivity index is 1.73. The quantitative estimate of drug-likeness (QED) is 0.796. The summed E-state index contributed by atoms with van der Waals surface area (Å²) in [4.78, 5) is 25.7. The highest BCUT2D eigenvalue weighted by molar-refractivity contribution is 5.98. The molecule has 0 spiro atoms. The van der Waals surface area contributed by atoms with E-state index in [4.69, 9.17) is 0 Å². The molecule has 0 radical (unpaired) electrons. The van der Waals surface area contributed by atoms with Crippen LogP contribution in [0, 0.1) is 0 Å². The van der Waals surface area contributed by atoms with Crippen LogP contribution in [-0.2, 0) is 17.8 Å². The number of Topliss-reactive ketones (excluding diaryl/α,β-unsaturated/α-hetero) is 1. The topological polar surface area (TPSA) is 42.3 Å². The molecule has 0 N–H and O–H groups in total. The van der Waals surface area contributed by atoms with Crippen LogP contribution in [0.3, 0.4) is 0 Å². The zero-order chi connectivity index (χ0) is 12.5. The number of fused-ring (bicyclic) bond motifs is 1. The van der Waals surface area contributed by atoms with Crippen molar-refractivity contribution in [3.8, 4) is 0 Å². The summed E-state index contributed by atoms with van der Waals surface area (Å²) in [5.74, 6) is 0.399. The van der Waals surface area contributed by atoms with E-state index in [2.05, 4.69) is 0 Å². The van der Waals surface area contributed by atoms with Crippen LogP contribution in [0.25, 0.3) is 0 Å². The van der Waals surface area contributed by atoms with E-state index in [1.165, 1.54) is 0 Å². The predicted octanol–water partition coefficient (Wildman–Crippen LogP) is 1.63. The molecule has 3 rings (SSSR count). The van der Waals surface area contributed by atoms with Crippen molar-refractivity contribution in [1.82, 2.24) is 9.47 Å². The highest BCUT2D eigenvalue weighted by Crippen LogP contribution is 2.22. The summed E-state index contributed by atoms with van der Waals surface area (Å²) in [6.45, 7) is 2.15. The number of aromatic nitrogens is 1. The van der Waals surface area contributed by atoms with Gasteiger partial charge in [-0.1, -0.05) is 0 Å². The fraction of sp³-hybridized carbons (Fsp3) is 0.571. The van der Waals surface area contributed by atoms with E-state index in [1.807, 2.05) is 21.9 Å². The molecule has 0 saturated carbocycles. The van der Waals surface area contributed by atoms with E-state index < -0.39 is 0 Å². The monoisotopic (exact) mass is 246 g/mol. The Morgan fingerprint density at radius 2 is 1.89 bits per heavy atom. The molecule has 1 aliphatic carbocycles. The van der Waals surface area contributed by atoms with Crippen molar-refractivity contribution in [3.05, 3.63) is 23.5 Å². The second-order valence-electron chi connectivity index (χ2n) is 5.23. The summed E-state index contributed by atoms with van der Waals surface area (Å²) in [6, 6.07) is 0. The van der Waals surface area contributed by atoms with Crippen LogP contribution < -0.4 is 0 Å². The molecule has 1 aromatic heterocycles. The van der Waals surface area contributed by atoms with Crippen LogP contribution in [0.15, 0.2) is 12.4 Å². The summed E-state index contributed by atoms with van der Waals surface area (Å²) in [7, 11) is 0. The maximum absolute atomic E-state index is 12.0. The van der Waals surface area contributed by atoms with E-state index in [0.29, 0.717) is 13.0 Å². The molecule has 1 aromatic rings. The van der Waals surface area contributed by atoms with Crippen molar-refractivity contribution in [1.29, 1.82) is 0 Å². The molecular weight excluding hydrogens is 228 g/mol. The maximum atomic E-state index is 12.0. The standard InChI is InChI=1S/C14H18N2O2/c17-13-5-3-4-11-8-15(9-12(11)13)10-14(18)16-6-1-2-7-16/h8-9H,1-7,10H2. The fourth-order valence-electron chi connectivity index (χ4n) is 2.89. The van der Waals surface area contributed by atoms with E-state index in [0.717, 1.165) is 49.9 Å². The number of carbonyl (C=O) groups is 2. The zero-order valence-electron chi connectivity index (χ0n) is 10.5. The normalized spacial score (nSPS) is 19.1. The minimum atomic E-state index is 0.173. The molecule has 96 valence electrons. The second-order valence-corrected chi connectivity index (χ2v) is 5.23. The van der Waals surface area contributed by atoms with E-state index in [1.54, 1.807) is 0 Å². The SMILES string of the molecule is O=C1CCCc2cn(CC(=O)N3CCCC3)cc21. The summed E-state index contributed by atoms with van der Waals surface area (Å²) in [6.07, 6.45) is 8.61. The van der Waals surface area contributed by atoms with Crippen molar-refractivity contribution in [2.75, 3.05) is 13.1 Å². The van der Waals surface area contributed by atoms with Gasteiger partial charge >= 0.3 is 0 Å². The molecule has 1 fully saturated rings. The van der Waals surface area contributed by atoms with Crippen LogP contribution in [0.5, 0.6) is 0 Å². The number of carbonyl (C=O) groups excluding carboxylic acids is 2. The third-order valence-corrected chi connectivity index (χ3v) is 3.89. The number of hydrogen-bond acceptors (Lipinski definition) is 2. The first kappa shape index (κ1) is 11.5. The van der Waals surface area contributed by atoms with Gasteiger partial charge in [0.2, 0.25) is 5.91 Å². The lowest BCUT2D eigenvalue weighted by Gasteiger charge is -2.15. The molecule has 1 aliphatic heterocycles. The van der Waals surface area contributed by atoms with E-state index in [-0.39, 0.29) is 11.7 Å². The highest BCUT2D eigenvalue weighted by atomic mass is 16.2.